The number of hydrogen-bond donors (Lipinski definition) is 1. The molecule has 0 aromatic heterocycles. The first-order valence-electron chi connectivity index (χ1n) is 12.5. The van der Waals surface area contributed by atoms with Gasteiger partial charge in [0, 0.05) is 17.4 Å². The Balaban J connectivity index is 1.59. The molecule has 1 aliphatic heterocycles. The number of carbonyl (C=O) groups excluding carboxylic acids is 3. The Morgan fingerprint density at radius 1 is 1.07 bits per heavy atom. The van der Waals surface area contributed by atoms with Crippen molar-refractivity contribution in [3.05, 3.63) is 82.3 Å². The summed E-state index contributed by atoms with van der Waals surface area (Å²) in [7, 11) is 2.73. The highest BCUT2D eigenvalue weighted by atomic mass is 79.9. The molecule has 11 heteroatoms. The molecule has 40 heavy (non-hydrogen) atoms. The standard InChI is InChI=1S/C29H29BrFN3O6/c1-38-25-17-18(9-14-23(25)34(29(32)37)22-7-4-3-6-21(22)30)16-24(35)27(33-15-5-8-26(33)31)40-20-12-10-19(11-13-20)28(36)39-2/h3-4,6-7,9-14,17,26-27H,5,8,15-16H2,1-2H3,(H2,32,37)/t26-,27?/m1/s1. The number of halogens is 2. The molecule has 0 saturated carbocycles. The number of urea groups is 1. The quantitative estimate of drug-likeness (QED) is 0.242. The molecule has 4 rings (SSSR count). The molecule has 1 aliphatic rings. The van der Waals surface area contributed by atoms with Gasteiger partial charge in [-0.05, 0) is 82.9 Å². The molecule has 9 nitrogen and oxygen atoms in total. The van der Waals surface area contributed by atoms with Gasteiger partial charge < -0.3 is 19.9 Å². The molecule has 210 valence electrons. The van der Waals surface area contributed by atoms with Crippen molar-refractivity contribution in [1.82, 2.24) is 4.90 Å². The lowest BCUT2D eigenvalue weighted by atomic mass is 10.1. The lowest BCUT2D eigenvalue weighted by Gasteiger charge is -2.29. The zero-order chi connectivity index (χ0) is 28.8. The van der Waals surface area contributed by atoms with Gasteiger partial charge in [0.1, 0.15) is 11.5 Å². The number of hydrogen-bond acceptors (Lipinski definition) is 7. The molecule has 2 amide bonds. The van der Waals surface area contributed by atoms with Gasteiger partial charge in [0.25, 0.3) is 0 Å². The number of likely N-dealkylation sites (tertiary alicyclic amines) is 1. The molecule has 2 atom stereocenters. The van der Waals surface area contributed by atoms with Crippen LogP contribution in [0.1, 0.15) is 28.8 Å². The number of alkyl halides is 1. The number of rotatable bonds is 10. The second-order valence-corrected chi connectivity index (χ2v) is 9.93. The number of nitrogens with two attached hydrogens (primary N) is 1. The Morgan fingerprint density at radius 2 is 1.80 bits per heavy atom. The molecule has 2 N–H and O–H groups in total. The summed E-state index contributed by atoms with van der Waals surface area (Å²) < 4.78 is 31.6. The van der Waals surface area contributed by atoms with E-state index in [4.69, 9.17) is 19.9 Å². The van der Waals surface area contributed by atoms with Crippen molar-refractivity contribution >= 4 is 45.1 Å². The van der Waals surface area contributed by atoms with Crippen LogP contribution in [0.5, 0.6) is 11.5 Å². The summed E-state index contributed by atoms with van der Waals surface area (Å²) in [5.41, 5.74) is 7.52. The number of para-hydroxylation sites is 1. The Labute approximate surface area is 239 Å². The summed E-state index contributed by atoms with van der Waals surface area (Å²) >= 11 is 3.44. The van der Waals surface area contributed by atoms with Crippen molar-refractivity contribution in [1.29, 1.82) is 0 Å². The number of Topliss-reactive ketones (excluding diaryl/α,β-unsaturated/α-hetero) is 1. The third kappa shape index (κ3) is 6.43. The van der Waals surface area contributed by atoms with Crippen molar-refractivity contribution in [3.8, 4) is 11.5 Å². The smallest absolute Gasteiger partial charge is 0.337 e. The topological polar surface area (TPSA) is 111 Å². The van der Waals surface area contributed by atoms with Crippen LogP contribution in [0.15, 0.2) is 71.2 Å². The molecule has 3 aromatic rings. The summed E-state index contributed by atoms with van der Waals surface area (Å²) in [6.45, 7) is 0.361. The average molecular weight is 614 g/mol. The van der Waals surface area contributed by atoms with Gasteiger partial charge in [-0.2, -0.15) is 0 Å². The molecule has 1 unspecified atom stereocenters. The molecule has 0 radical (unpaired) electrons. The molecule has 1 fully saturated rings. The monoisotopic (exact) mass is 613 g/mol. The van der Waals surface area contributed by atoms with Crippen molar-refractivity contribution < 1.29 is 33.0 Å². The third-order valence-electron chi connectivity index (χ3n) is 6.50. The highest BCUT2D eigenvalue weighted by Crippen LogP contribution is 2.38. The molecule has 0 aliphatic carbocycles. The van der Waals surface area contributed by atoms with Gasteiger partial charge in [-0.25, -0.2) is 18.9 Å². The van der Waals surface area contributed by atoms with Crippen molar-refractivity contribution in [2.24, 2.45) is 5.73 Å². The van der Waals surface area contributed by atoms with Crippen LogP contribution >= 0.6 is 15.9 Å². The number of primary amides is 1. The van der Waals surface area contributed by atoms with E-state index < -0.39 is 24.5 Å². The van der Waals surface area contributed by atoms with Crippen LogP contribution in [0.25, 0.3) is 0 Å². The number of anilines is 2. The second kappa shape index (κ2) is 12.9. The number of carbonyl (C=O) groups is 3. The first-order chi connectivity index (χ1) is 19.2. The van der Waals surface area contributed by atoms with E-state index in [-0.39, 0.29) is 12.2 Å². The zero-order valence-corrected chi connectivity index (χ0v) is 23.6. The second-order valence-electron chi connectivity index (χ2n) is 9.08. The Kier molecular flexibility index (Phi) is 9.38. The van der Waals surface area contributed by atoms with E-state index in [1.807, 2.05) is 6.07 Å². The fourth-order valence-corrected chi connectivity index (χ4v) is 5.01. The Bertz CT molecular complexity index is 1390. The largest absolute Gasteiger partial charge is 0.495 e. The van der Waals surface area contributed by atoms with Crippen LogP contribution in [-0.2, 0) is 16.0 Å². The van der Waals surface area contributed by atoms with E-state index in [0.717, 1.165) is 0 Å². The minimum Gasteiger partial charge on any atom is -0.495 e. The number of methoxy groups -OCH3 is 2. The highest BCUT2D eigenvalue weighted by molar-refractivity contribution is 9.10. The van der Waals surface area contributed by atoms with Crippen molar-refractivity contribution in [2.75, 3.05) is 25.7 Å². The number of ketones is 1. The van der Waals surface area contributed by atoms with Crippen molar-refractivity contribution in [3.63, 3.8) is 0 Å². The fraction of sp³-hybridized carbons (Fsp3) is 0.276. The fourth-order valence-electron chi connectivity index (χ4n) is 4.55. The molecule has 0 spiro atoms. The van der Waals surface area contributed by atoms with Gasteiger partial charge >= 0.3 is 12.0 Å². The van der Waals surface area contributed by atoms with Gasteiger partial charge in [0.05, 0.1) is 31.2 Å². The number of nitrogens with zero attached hydrogens (tertiary/aromatic N) is 2. The van der Waals surface area contributed by atoms with Crippen LogP contribution < -0.4 is 20.1 Å². The summed E-state index contributed by atoms with van der Waals surface area (Å²) in [4.78, 5) is 40.4. The van der Waals surface area contributed by atoms with Crippen LogP contribution in [0.2, 0.25) is 0 Å². The van der Waals surface area contributed by atoms with E-state index >= 15 is 0 Å². The summed E-state index contributed by atoms with van der Waals surface area (Å²) in [6.07, 6.45) is -1.70. The zero-order valence-electron chi connectivity index (χ0n) is 22.0. The molecule has 3 aromatic carbocycles. The minimum absolute atomic E-state index is 0.0869. The van der Waals surface area contributed by atoms with E-state index in [1.165, 1.54) is 48.3 Å². The van der Waals surface area contributed by atoms with Crippen LogP contribution in [0.3, 0.4) is 0 Å². The normalized spacial score (nSPS) is 15.8. The van der Waals surface area contributed by atoms with Gasteiger partial charge in [0.2, 0.25) is 6.23 Å². The van der Waals surface area contributed by atoms with Crippen molar-refractivity contribution in [2.45, 2.75) is 31.8 Å². The van der Waals surface area contributed by atoms with E-state index in [9.17, 15) is 18.8 Å². The number of benzene rings is 3. The van der Waals surface area contributed by atoms with E-state index in [2.05, 4.69) is 15.9 Å². The van der Waals surface area contributed by atoms with Crippen LogP contribution in [-0.4, -0.2) is 56.0 Å². The predicted octanol–water partition coefficient (Wildman–Crippen LogP) is 5.37. The molecule has 0 bridgehead atoms. The van der Waals surface area contributed by atoms with Gasteiger partial charge in [-0.3, -0.25) is 9.69 Å². The minimum atomic E-state index is -1.33. The lowest BCUT2D eigenvalue weighted by molar-refractivity contribution is -0.137. The molecule has 1 heterocycles. The summed E-state index contributed by atoms with van der Waals surface area (Å²) in [5.74, 6) is -0.243. The third-order valence-corrected chi connectivity index (χ3v) is 7.17. The van der Waals surface area contributed by atoms with Crippen LogP contribution in [0.4, 0.5) is 20.6 Å². The van der Waals surface area contributed by atoms with Gasteiger partial charge in [-0.15, -0.1) is 0 Å². The molecule has 1 saturated heterocycles. The molecular formula is C29H29BrFN3O6. The highest BCUT2D eigenvalue weighted by Gasteiger charge is 2.36. The first kappa shape index (κ1) is 29.0. The Hall–Kier alpha value is -3.96. The first-order valence-corrected chi connectivity index (χ1v) is 13.3. The van der Waals surface area contributed by atoms with Gasteiger partial charge in [-0.1, -0.05) is 18.2 Å². The summed E-state index contributed by atoms with van der Waals surface area (Å²) in [5, 5.41) is 0. The van der Waals surface area contributed by atoms with E-state index in [0.29, 0.717) is 57.9 Å². The average Bonchev–Trinajstić information content (AvgIpc) is 3.38. The van der Waals surface area contributed by atoms with Crippen LogP contribution in [0, 0.1) is 0 Å². The number of ether oxygens (including phenoxy) is 3. The summed E-state index contributed by atoms with van der Waals surface area (Å²) in [6, 6.07) is 17.4. The molecular weight excluding hydrogens is 585 g/mol. The Morgan fingerprint density at radius 3 is 2.40 bits per heavy atom. The maximum absolute atomic E-state index is 14.7. The number of amides is 2. The lowest BCUT2D eigenvalue weighted by Crippen LogP contribution is -2.47. The van der Waals surface area contributed by atoms with E-state index in [1.54, 1.807) is 36.4 Å². The number of esters is 1. The SMILES string of the molecule is COC(=O)c1ccc(OC(C(=O)Cc2ccc(N(C(N)=O)c3ccccc3Br)c(OC)c2)N2CCC[C@@H]2F)cc1. The predicted molar refractivity (Wildman–Crippen MR) is 151 cm³/mol. The maximum Gasteiger partial charge on any atom is 0.337 e. The van der Waals surface area contributed by atoms with Gasteiger partial charge in [0.15, 0.2) is 12.1 Å². The maximum atomic E-state index is 14.7.